The number of carbonyl (C=O) groups excluding carboxylic acids is 1. The topological polar surface area (TPSA) is 68.2 Å². The highest BCUT2D eigenvalue weighted by Crippen LogP contribution is 2.52. The summed E-state index contributed by atoms with van der Waals surface area (Å²) in [7, 11) is -1.65. The Morgan fingerprint density at radius 2 is 2.00 bits per heavy atom. The molecule has 1 amide bonds. The van der Waals surface area contributed by atoms with E-state index in [4.69, 9.17) is 14.2 Å². The predicted molar refractivity (Wildman–Crippen MR) is 124 cm³/mol. The van der Waals surface area contributed by atoms with Crippen molar-refractivity contribution in [3.63, 3.8) is 0 Å². The van der Waals surface area contributed by atoms with Gasteiger partial charge in [0.25, 0.3) is 0 Å². The second-order valence-electron chi connectivity index (χ2n) is 9.01. The third-order valence-electron chi connectivity index (χ3n) is 7.56. The summed E-state index contributed by atoms with van der Waals surface area (Å²) in [6.45, 7) is 11.9. The number of rotatable bonds is 9. The summed E-state index contributed by atoms with van der Waals surface area (Å²) < 4.78 is 16.9. The molecule has 0 spiro atoms. The minimum atomic E-state index is -1.65. The molecule has 2 saturated heterocycles. The Morgan fingerprint density at radius 1 is 1.32 bits per heavy atom. The largest absolute Gasteiger partial charge is 0.445 e. The van der Waals surface area contributed by atoms with Crippen LogP contribution >= 0.6 is 0 Å². The summed E-state index contributed by atoms with van der Waals surface area (Å²) in [4.78, 5) is 14.8. The molecular formula is C24H39NO5Si. The van der Waals surface area contributed by atoms with Crippen molar-refractivity contribution < 1.29 is 24.1 Å². The lowest BCUT2D eigenvalue weighted by Gasteiger charge is -2.42. The van der Waals surface area contributed by atoms with Crippen LogP contribution in [0.1, 0.15) is 40.0 Å². The fourth-order valence-electron chi connectivity index (χ4n) is 5.44. The van der Waals surface area contributed by atoms with E-state index in [0.29, 0.717) is 19.6 Å². The first-order valence-corrected chi connectivity index (χ1v) is 14.7. The molecule has 31 heavy (non-hydrogen) atoms. The Bertz CT molecular complexity index is 690. The first kappa shape index (κ1) is 24.2. The Balaban J connectivity index is 1.95. The first-order valence-electron chi connectivity index (χ1n) is 11.8. The van der Waals surface area contributed by atoms with Crippen LogP contribution in [0, 0.1) is 5.92 Å². The first-order chi connectivity index (χ1) is 14.9. The number of ether oxygens (including phenoxy) is 3. The third kappa shape index (κ3) is 4.84. The third-order valence-corrected chi connectivity index (χ3v) is 13.4. The van der Waals surface area contributed by atoms with Gasteiger partial charge in [0, 0.05) is 18.0 Å². The van der Waals surface area contributed by atoms with Crippen molar-refractivity contribution in [3.05, 3.63) is 36.6 Å². The van der Waals surface area contributed by atoms with Crippen molar-refractivity contribution in [2.75, 3.05) is 19.8 Å². The van der Waals surface area contributed by atoms with Gasteiger partial charge in [-0.05, 0) is 18.9 Å². The summed E-state index contributed by atoms with van der Waals surface area (Å²) in [5.41, 5.74) is -0.119. The van der Waals surface area contributed by atoms with Gasteiger partial charge in [0.1, 0.15) is 6.61 Å². The molecule has 2 fully saturated rings. The van der Waals surface area contributed by atoms with Crippen molar-refractivity contribution in [2.24, 2.45) is 5.92 Å². The number of hydrogen-bond donors (Lipinski definition) is 1. The fourth-order valence-corrected chi connectivity index (χ4v) is 9.34. The molecule has 2 bridgehead atoms. The monoisotopic (exact) mass is 449 g/mol. The van der Waals surface area contributed by atoms with Crippen LogP contribution in [-0.2, 0) is 14.2 Å². The highest BCUT2D eigenvalue weighted by Gasteiger charge is 2.60. The summed E-state index contributed by atoms with van der Waals surface area (Å²) in [5.74, 6) is -0.126. The molecule has 0 radical (unpaired) electrons. The number of likely N-dealkylation sites (tertiary alicyclic amines) is 1. The zero-order chi connectivity index (χ0) is 22.5. The second kappa shape index (κ2) is 10.5. The Labute approximate surface area is 187 Å². The van der Waals surface area contributed by atoms with Crippen LogP contribution in [0.3, 0.4) is 0 Å². The van der Waals surface area contributed by atoms with Crippen molar-refractivity contribution in [1.29, 1.82) is 0 Å². The number of fused-ring (bicyclic) bond motifs is 2. The molecule has 6 nitrogen and oxygen atoms in total. The van der Waals surface area contributed by atoms with Gasteiger partial charge in [-0.3, -0.25) is 4.90 Å². The minimum absolute atomic E-state index is 0.126. The lowest BCUT2D eigenvalue weighted by molar-refractivity contribution is -0.175. The normalized spacial score (nSPS) is 30.1. The average molecular weight is 450 g/mol. The van der Waals surface area contributed by atoms with E-state index in [1.165, 1.54) is 0 Å². The SMILES string of the molecule is C=CCOC(=O)N1/C(=C/CC2OCCCO2)[C@H]2CC=C[C@@H]1[C@@]2(O)C[Si](CC)(CC)CC. The molecule has 174 valence electrons. The molecule has 1 N–H and O–H groups in total. The summed E-state index contributed by atoms with van der Waals surface area (Å²) in [6, 6.07) is 3.79. The fraction of sp³-hybridized carbons (Fsp3) is 0.708. The maximum absolute atomic E-state index is 13.1. The van der Waals surface area contributed by atoms with E-state index >= 15 is 0 Å². The smallest absolute Gasteiger partial charge is 0.414 e. The van der Waals surface area contributed by atoms with Crippen molar-refractivity contribution in [1.82, 2.24) is 4.90 Å². The van der Waals surface area contributed by atoms with Crippen LogP contribution in [0.25, 0.3) is 0 Å². The molecule has 2 aliphatic heterocycles. The molecule has 0 aromatic heterocycles. The predicted octanol–water partition coefficient (Wildman–Crippen LogP) is 4.85. The quantitative estimate of drug-likeness (QED) is 0.403. The lowest BCUT2D eigenvalue weighted by Crippen LogP contribution is -2.54. The van der Waals surface area contributed by atoms with Gasteiger partial charge in [-0.15, -0.1) is 0 Å². The molecule has 0 aromatic carbocycles. The van der Waals surface area contributed by atoms with E-state index in [1.54, 1.807) is 11.0 Å². The van der Waals surface area contributed by atoms with Crippen molar-refractivity contribution in [3.8, 4) is 0 Å². The van der Waals surface area contributed by atoms with E-state index in [2.05, 4.69) is 33.4 Å². The van der Waals surface area contributed by atoms with Crippen LogP contribution in [0.2, 0.25) is 24.2 Å². The molecule has 2 heterocycles. The average Bonchev–Trinajstić information content (AvgIpc) is 2.92. The maximum atomic E-state index is 13.1. The molecular weight excluding hydrogens is 410 g/mol. The molecule has 0 aromatic rings. The minimum Gasteiger partial charge on any atom is -0.445 e. The van der Waals surface area contributed by atoms with E-state index < -0.39 is 25.8 Å². The number of aliphatic hydroxyl groups is 1. The molecule has 7 heteroatoms. The summed E-state index contributed by atoms with van der Waals surface area (Å²) in [6.07, 6.45) is 9.14. The van der Waals surface area contributed by atoms with Crippen LogP contribution in [0.4, 0.5) is 4.79 Å². The maximum Gasteiger partial charge on any atom is 0.414 e. The molecule has 0 saturated carbocycles. The van der Waals surface area contributed by atoms with Gasteiger partial charge in [-0.2, -0.15) is 0 Å². The van der Waals surface area contributed by atoms with Crippen molar-refractivity contribution in [2.45, 2.75) is 82.1 Å². The van der Waals surface area contributed by atoms with E-state index in [9.17, 15) is 9.90 Å². The van der Waals surface area contributed by atoms with Gasteiger partial charge >= 0.3 is 6.09 Å². The number of amides is 1. The van der Waals surface area contributed by atoms with E-state index in [-0.39, 0.29) is 18.8 Å². The molecule has 0 unspecified atom stereocenters. The zero-order valence-electron chi connectivity index (χ0n) is 19.3. The van der Waals surface area contributed by atoms with Crippen LogP contribution < -0.4 is 0 Å². The number of hydrogen-bond acceptors (Lipinski definition) is 5. The van der Waals surface area contributed by atoms with Gasteiger partial charge in [0.2, 0.25) is 0 Å². The lowest BCUT2D eigenvalue weighted by atomic mass is 9.79. The summed E-state index contributed by atoms with van der Waals surface area (Å²) >= 11 is 0. The summed E-state index contributed by atoms with van der Waals surface area (Å²) in [5, 5.41) is 12.2. The Hall–Kier alpha value is -1.41. The molecule has 3 atom stereocenters. The van der Waals surface area contributed by atoms with Crippen LogP contribution in [-0.4, -0.2) is 61.9 Å². The number of carbonyl (C=O) groups is 1. The van der Waals surface area contributed by atoms with Crippen LogP contribution in [0.15, 0.2) is 36.6 Å². The van der Waals surface area contributed by atoms with Gasteiger partial charge < -0.3 is 19.3 Å². The Morgan fingerprint density at radius 3 is 2.61 bits per heavy atom. The molecule has 3 aliphatic rings. The Kier molecular flexibility index (Phi) is 8.18. The van der Waals surface area contributed by atoms with E-state index in [1.807, 2.05) is 12.2 Å². The number of nitrogens with zero attached hydrogens (tertiary/aromatic N) is 1. The molecule has 3 rings (SSSR count). The second-order valence-corrected chi connectivity index (χ2v) is 14.5. The van der Waals surface area contributed by atoms with Gasteiger partial charge in [0.05, 0.1) is 32.9 Å². The zero-order valence-corrected chi connectivity index (χ0v) is 20.3. The van der Waals surface area contributed by atoms with Gasteiger partial charge in [-0.1, -0.05) is 69.8 Å². The van der Waals surface area contributed by atoms with Crippen molar-refractivity contribution >= 4 is 14.2 Å². The highest BCUT2D eigenvalue weighted by molar-refractivity contribution is 6.79. The molecule has 1 aliphatic carbocycles. The number of allylic oxidation sites excluding steroid dienone is 1. The van der Waals surface area contributed by atoms with E-state index in [0.717, 1.165) is 42.7 Å². The van der Waals surface area contributed by atoms with Crippen LogP contribution in [0.5, 0.6) is 0 Å². The standard InChI is InChI=1S/C24H39NO5Si/c1-5-15-30-23(26)25-20(13-14-22-28-16-10-17-29-22)19-11-9-12-21(25)24(19,27)18-31(6-2,7-3)8-4/h5,9,12-13,19,21-22,27H,1,6-8,10-11,14-18H2,2-4H3/b20-13+/t19-,21-,24-/m1/s1. The van der Waals surface area contributed by atoms with Gasteiger partial charge in [-0.25, -0.2) is 4.79 Å². The van der Waals surface area contributed by atoms with Gasteiger partial charge in [0.15, 0.2) is 6.29 Å². The highest BCUT2D eigenvalue weighted by atomic mass is 28.3.